The maximum atomic E-state index is 12.7. The second-order valence-electron chi connectivity index (χ2n) is 6.55. The van der Waals surface area contributed by atoms with Crippen molar-refractivity contribution in [2.75, 3.05) is 5.32 Å². The fraction of sp³-hybridized carbons (Fsp3) is 0.136. The predicted octanol–water partition coefficient (Wildman–Crippen LogP) is 2.93. The van der Waals surface area contributed by atoms with E-state index in [9.17, 15) is 14.4 Å². The van der Waals surface area contributed by atoms with Crippen molar-refractivity contribution < 1.29 is 23.5 Å². The number of ether oxygens (including phenoxy) is 1. The molecular formula is C22H18N2O5. The Morgan fingerprint density at radius 3 is 2.62 bits per heavy atom. The van der Waals surface area contributed by atoms with Crippen molar-refractivity contribution in [2.24, 2.45) is 0 Å². The van der Waals surface area contributed by atoms with Gasteiger partial charge in [-0.15, -0.1) is 0 Å². The second kappa shape index (κ2) is 8.02. The van der Waals surface area contributed by atoms with Gasteiger partial charge in [0.25, 0.3) is 11.8 Å². The molecule has 0 spiro atoms. The van der Waals surface area contributed by atoms with E-state index in [0.29, 0.717) is 22.6 Å². The van der Waals surface area contributed by atoms with E-state index >= 15 is 0 Å². The number of rotatable bonds is 5. The van der Waals surface area contributed by atoms with Gasteiger partial charge in [-0.3, -0.25) is 9.59 Å². The van der Waals surface area contributed by atoms with Gasteiger partial charge in [0.2, 0.25) is 0 Å². The predicted molar refractivity (Wildman–Crippen MR) is 104 cm³/mol. The SMILES string of the molecule is O=C1O[C@@H](C(=O)Nc2ccccc2C(=O)NCc2ccco2)Cc2ccccc21. The van der Waals surface area contributed by atoms with Crippen LogP contribution < -0.4 is 10.6 Å². The molecule has 1 aromatic heterocycles. The molecule has 0 saturated carbocycles. The van der Waals surface area contributed by atoms with Crippen molar-refractivity contribution in [3.05, 3.63) is 89.4 Å². The number of furan rings is 1. The minimum atomic E-state index is -0.961. The molecule has 7 heteroatoms. The summed E-state index contributed by atoms with van der Waals surface area (Å²) in [6.45, 7) is 0.227. The highest BCUT2D eigenvalue weighted by Crippen LogP contribution is 2.22. The van der Waals surface area contributed by atoms with Gasteiger partial charge in [0, 0.05) is 6.42 Å². The fourth-order valence-corrected chi connectivity index (χ4v) is 3.16. The lowest BCUT2D eigenvalue weighted by Gasteiger charge is -2.24. The molecule has 2 amide bonds. The van der Waals surface area contributed by atoms with E-state index in [4.69, 9.17) is 9.15 Å². The van der Waals surface area contributed by atoms with Gasteiger partial charge in [-0.25, -0.2) is 4.79 Å². The highest BCUT2D eigenvalue weighted by Gasteiger charge is 2.31. The number of amides is 2. The number of hydrogen-bond donors (Lipinski definition) is 2. The fourth-order valence-electron chi connectivity index (χ4n) is 3.16. The summed E-state index contributed by atoms with van der Waals surface area (Å²) in [5, 5.41) is 5.45. The van der Waals surface area contributed by atoms with Crippen molar-refractivity contribution in [3.63, 3.8) is 0 Å². The Morgan fingerprint density at radius 1 is 1.00 bits per heavy atom. The first-order valence-electron chi connectivity index (χ1n) is 9.11. The van der Waals surface area contributed by atoms with Gasteiger partial charge < -0.3 is 19.8 Å². The summed E-state index contributed by atoms with van der Waals surface area (Å²) in [5.41, 5.74) is 1.86. The van der Waals surface area contributed by atoms with Gasteiger partial charge in [0.15, 0.2) is 6.10 Å². The monoisotopic (exact) mass is 390 g/mol. The number of fused-ring (bicyclic) bond motifs is 1. The van der Waals surface area contributed by atoms with E-state index < -0.39 is 18.0 Å². The van der Waals surface area contributed by atoms with Crippen LogP contribution >= 0.6 is 0 Å². The Kier molecular flexibility index (Phi) is 5.11. The summed E-state index contributed by atoms with van der Waals surface area (Å²) in [4.78, 5) is 37.4. The lowest BCUT2D eigenvalue weighted by molar-refractivity contribution is -0.125. The lowest BCUT2D eigenvalue weighted by atomic mass is 9.98. The summed E-state index contributed by atoms with van der Waals surface area (Å²) in [6.07, 6.45) is 0.844. The van der Waals surface area contributed by atoms with Gasteiger partial charge in [0.1, 0.15) is 5.76 Å². The molecule has 146 valence electrons. The molecule has 29 heavy (non-hydrogen) atoms. The normalized spacial score (nSPS) is 15.2. The van der Waals surface area contributed by atoms with Crippen molar-refractivity contribution in [1.82, 2.24) is 5.32 Å². The van der Waals surface area contributed by atoms with Crippen LogP contribution in [0.3, 0.4) is 0 Å². The van der Waals surface area contributed by atoms with Gasteiger partial charge in [-0.05, 0) is 35.9 Å². The van der Waals surface area contributed by atoms with Gasteiger partial charge >= 0.3 is 5.97 Å². The van der Waals surface area contributed by atoms with Gasteiger partial charge in [0.05, 0.1) is 29.6 Å². The molecule has 3 aromatic rings. The zero-order valence-electron chi connectivity index (χ0n) is 15.4. The molecule has 7 nitrogen and oxygen atoms in total. The minimum Gasteiger partial charge on any atom is -0.467 e. The smallest absolute Gasteiger partial charge is 0.339 e. The molecule has 0 bridgehead atoms. The van der Waals surface area contributed by atoms with Crippen molar-refractivity contribution in [1.29, 1.82) is 0 Å². The molecular weight excluding hydrogens is 372 g/mol. The first kappa shape index (κ1) is 18.5. The molecule has 2 heterocycles. The van der Waals surface area contributed by atoms with Crippen molar-refractivity contribution in [2.45, 2.75) is 19.1 Å². The average molecular weight is 390 g/mol. The van der Waals surface area contributed by atoms with E-state index in [1.54, 1.807) is 54.6 Å². The molecule has 0 fully saturated rings. The third-order valence-electron chi connectivity index (χ3n) is 4.62. The van der Waals surface area contributed by atoms with Crippen LogP contribution in [0.2, 0.25) is 0 Å². The van der Waals surface area contributed by atoms with Crippen LogP contribution in [0.25, 0.3) is 0 Å². The van der Waals surface area contributed by atoms with Crippen LogP contribution in [0, 0.1) is 0 Å². The summed E-state index contributed by atoms with van der Waals surface area (Å²) in [7, 11) is 0. The number of hydrogen-bond acceptors (Lipinski definition) is 5. The number of benzene rings is 2. The number of cyclic esters (lactones) is 1. The maximum Gasteiger partial charge on any atom is 0.339 e. The first-order valence-corrected chi connectivity index (χ1v) is 9.11. The zero-order valence-corrected chi connectivity index (χ0v) is 15.4. The third-order valence-corrected chi connectivity index (χ3v) is 4.62. The van der Waals surface area contributed by atoms with Crippen LogP contribution in [0.1, 0.15) is 32.0 Å². The van der Waals surface area contributed by atoms with Crippen molar-refractivity contribution >= 4 is 23.5 Å². The number of para-hydroxylation sites is 1. The zero-order chi connectivity index (χ0) is 20.2. The third kappa shape index (κ3) is 4.03. The Morgan fingerprint density at radius 2 is 1.79 bits per heavy atom. The second-order valence-corrected chi connectivity index (χ2v) is 6.55. The van der Waals surface area contributed by atoms with Gasteiger partial charge in [-0.1, -0.05) is 30.3 Å². The van der Waals surface area contributed by atoms with E-state index in [-0.39, 0.29) is 18.9 Å². The molecule has 0 unspecified atom stereocenters. The molecule has 4 rings (SSSR count). The van der Waals surface area contributed by atoms with E-state index in [2.05, 4.69) is 10.6 Å². The van der Waals surface area contributed by atoms with Crippen molar-refractivity contribution in [3.8, 4) is 0 Å². The van der Waals surface area contributed by atoms with E-state index in [0.717, 1.165) is 5.56 Å². The highest BCUT2D eigenvalue weighted by molar-refractivity contribution is 6.05. The quantitative estimate of drug-likeness (QED) is 0.653. The summed E-state index contributed by atoms with van der Waals surface area (Å²) >= 11 is 0. The minimum absolute atomic E-state index is 0.227. The maximum absolute atomic E-state index is 12.7. The molecule has 0 saturated heterocycles. The number of carbonyl (C=O) groups is 3. The molecule has 0 radical (unpaired) electrons. The standard InChI is InChI=1S/C22H18N2O5/c25-20(23-13-15-7-5-11-28-15)17-9-3-4-10-18(17)24-21(26)19-12-14-6-1-2-8-16(14)22(27)29-19/h1-11,19H,12-13H2,(H,23,25)(H,24,26)/t19-/m1/s1. The van der Waals surface area contributed by atoms with Crippen LogP contribution in [-0.4, -0.2) is 23.9 Å². The van der Waals surface area contributed by atoms with Crippen LogP contribution in [-0.2, 0) is 22.5 Å². The Hall–Kier alpha value is -3.87. The van der Waals surface area contributed by atoms with Crippen LogP contribution in [0.4, 0.5) is 5.69 Å². The summed E-state index contributed by atoms with van der Waals surface area (Å²) in [5.74, 6) is -0.758. The average Bonchev–Trinajstić information content (AvgIpc) is 3.26. The molecule has 0 aliphatic carbocycles. The lowest BCUT2D eigenvalue weighted by Crippen LogP contribution is -2.38. The number of anilines is 1. The Bertz CT molecular complexity index is 1060. The molecule has 1 aliphatic heterocycles. The number of nitrogens with one attached hydrogen (secondary N) is 2. The van der Waals surface area contributed by atoms with Gasteiger partial charge in [-0.2, -0.15) is 0 Å². The summed E-state index contributed by atoms with van der Waals surface area (Å²) < 4.78 is 10.5. The summed E-state index contributed by atoms with van der Waals surface area (Å²) in [6, 6.07) is 17.2. The van der Waals surface area contributed by atoms with Crippen LogP contribution in [0.15, 0.2) is 71.3 Å². The Balaban J connectivity index is 1.46. The highest BCUT2D eigenvalue weighted by atomic mass is 16.5. The Labute approximate surface area is 166 Å². The molecule has 1 atom stereocenters. The molecule has 1 aliphatic rings. The van der Waals surface area contributed by atoms with E-state index in [1.807, 2.05) is 6.07 Å². The van der Waals surface area contributed by atoms with Crippen LogP contribution in [0.5, 0.6) is 0 Å². The molecule has 2 aromatic carbocycles. The number of carbonyl (C=O) groups excluding carboxylic acids is 3. The first-order chi connectivity index (χ1) is 14.1. The largest absolute Gasteiger partial charge is 0.467 e. The van der Waals surface area contributed by atoms with E-state index in [1.165, 1.54) is 6.26 Å². The topological polar surface area (TPSA) is 97.6 Å². The molecule has 2 N–H and O–H groups in total. The number of esters is 1.